The van der Waals surface area contributed by atoms with E-state index in [-0.39, 0.29) is 19.0 Å². The quantitative estimate of drug-likeness (QED) is 0.724. The van der Waals surface area contributed by atoms with Gasteiger partial charge in [-0.05, 0) is 20.8 Å². The zero-order valence-electron chi connectivity index (χ0n) is 11.3. The summed E-state index contributed by atoms with van der Waals surface area (Å²) in [5.74, 6) is -0.178. The minimum atomic E-state index is -3.75. The molecule has 19 heavy (non-hydrogen) atoms. The van der Waals surface area contributed by atoms with Crippen LogP contribution in [0.25, 0.3) is 0 Å². The minimum Gasteiger partial charge on any atom is -0.444 e. The van der Waals surface area contributed by atoms with Gasteiger partial charge in [-0.2, -0.15) is 0 Å². The van der Waals surface area contributed by atoms with E-state index in [0.29, 0.717) is 13.1 Å². The predicted molar refractivity (Wildman–Crippen MR) is 71.7 cm³/mol. The van der Waals surface area contributed by atoms with Crippen LogP contribution in [0.15, 0.2) is 0 Å². The Bertz CT molecular complexity index is 487. The Hall–Kier alpha value is -0.530. The van der Waals surface area contributed by atoms with E-state index in [0.717, 1.165) is 0 Å². The molecule has 2 fully saturated rings. The fourth-order valence-corrected chi connectivity index (χ4v) is 4.51. The van der Waals surface area contributed by atoms with Crippen LogP contribution in [-0.2, 0) is 13.8 Å². The molecular formula is C11H19ClN2O4S. The van der Waals surface area contributed by atoms with E-state index in [1.807, 2.05) is 0 Å². The van der Waals surface area contributed by atoms with Crippen molar-refractivity contribution in [3.8, 4) is 0 Å². The topological polar surface area (TPSA) is 75.7 Å². The molecule has 0 aliphatic carbocycles. The number of carbonyl (C=O) groups excluding carboxylic acids is 1. The Morgan fingerprint density at radius 3 is 2.58 bits per heavy atom. The van der Waals surface area contributed by atoms with E-state index >= 15 is 0 Å². The summed E-state index contributed by atoms with van der Waals surface area (Å²) in [4.78, 5) is 13.4. The number of nitrogens with one attached hydrogen (secondary N) is 1. The number of amides is 1. The standard InChI is InChI=1S/C11H19ClN2O4S/c1-10(2,3)18-9(15)14-5-8-4-13-6-11(8,7-14)19(12,16)17/h8,13H,4-7H2,1-3H3. The highest BCUT2D eigenvalue weighted by Crippen LogP contribution is 2.40. The maximum Gasteiger partial charge on any atom is 0.410 e. The number of nitrogens with zero attached hydrogens (tertiary/aromatic N) is 1. The summed E-state index contributed by atoms with van der Waals surface area (Å²) >= 11 is 0. The molecule has 0 spiro atoms. The average Bonchev–Trinajstić information content (AvgIpc) is 2.68. The zero-order chi connectivity index (χ0) is 14.5. The van der Waals surface area contributed by atoms with Crippen molar-refractivity contribution in [3.05, 3.63) is 0 Å². The molecule has 0 bridgehead atoms. The molecule has 0 aromatic carbocycles. The van der Waals surface area contributed by atoms with Crippen molar-refractivity contribution in [2.75, 3.05) is 26.2 Å². The van der Waals surface area contributed by atoms with Gasteiger partial charge in [-0.1, -0.05) is 0 Å². The molecule has 1 amide bonds. The minimum absolute atomic E-state index is 0.0887. The van der Waals surface area contributed by atoms with E-state index in [1.54, 1.807) is 20.8 Å². The summed E-state index contributed by atoms with van der Waals surface area (Å²) in [6.45, 7) is 6.60. The molecule has 2 heterocycles. The average molecular weight is 311 g/mol. The van der Waals surface area contributed by atoms with Crippen molar-refractivity contribution < 1.29 is 17.9 Å². The molecule has 2 aliphatic heterocycles. The van der Waals surface area contributed by atoms with Crippen LogP contribution < -0.4 is 5.32 Å². The highest BCUT2D eigenvalue weighted by atomic mass is 35.7. The normalized spacial score (nSPS) is 31.4. The van der Waals surface area contributed by atoms with E-state index in [2.05, 4.69) is 5.32 Å². The van der Waals surface area contributed by atoms with Gasteiger partial charge in [-0.15, -0.1) is 0 Å². The lowest BCUT2D eigenvalue weighted by Gasteiger charge is -2.26. The van der Waals surface area contributed by atoms with Crippen molar-refractivity contribution in [2.45, 2.75) is 31.1 Å². The molecule has 1 N–H and O–H groups in total. The highest BCUT2D eigenvalue weighted by molar-refractivity contribution is 8.14. The number of rotatable bonds is 1. The lowest BCUT2D eigenvalue weighted by atomic mass is 10.00. The number of ether oxygens (including phenoxy) is 1. The van der Waals surface area contributed by atoms with Crippen LogP contribution in [0.2, 0.25) is 0 Å². The third-order valence-electron chi connectivity index (χ3n) is 3.60. The van der Waals surface area contributed by atoms with Crippen LogP contribution in [-0.4, -0.2) is 55.9 Å². The third kappa shape index (κ3) is 2.68. The van der Waals surface area contributed by atoms with Crippen molar-refractivity contribution in [2.24, 2.45) is 5.92 Å². The van der Waals surface area contributed by atoms with Crippen molar-refractivity contribution in [1.82, 2.24) is 10.2 Å². The number of likely N-dealkylation sites (tertiary alicyclic amines) is 1. The van der Waals surface area contributed by atoms with Gasteiger partial charge in [0.2, 0.25) is 9.05 Å². The summed E-state index contributed by atoms with van der Waals surface area (Å²) in [5.41, 5.74) is -0.597. The molecular weight excluding hydrogens is 292 g/mol. The van der Waals surface area contributed by atoms with Gasteiger partial charge < -0.3 is 15.0 Å². The van der Waals surface area contributed by atoms with Crippen LogP contribution >= 0.6 is 10.7 Å². The number of fused-ring (bicyclic) bond motifs is 1. The lowest BCUT2D eigenvalue weighted by Crippen LogP contribution is -2.46. The summed E-state index contributed by atoms with van der Waals surface area (Å²) < 4.78 is 27.9. The van der Waals surface area contributed by atoms with Gasteiger partial charge in [0, 0.05) is 42.8 Å². The van der Waals surface area contributed by atoms with Gasteiger partial charge in [0.25, 0.3) is 0 Å². The molecule has 2 rings (SSSR count). The Kier molecular flexibility index (Phi) is 3.52. The van der Waals surface area contributed by atoms with Crippen LogP contribution in [0.5, 0.6) is 0 Å². The van der Waals surface area contributed by atoms with Gasteiger partial charge in [-0.3, -0.25) is 0 Å². The Morgan fingerprint density at radius 1 is 1.47 bits per heavy atom. The molecule has 0 aromatic heterocycles. The molecule has 6 nitrogen and oxygen atoms in total. The van der Waals surface area contributed by atoms with Gasteiger partial charge in [0.1, 0.15) is 10.3 Å². The molecule has 110 valence electrons. The fourth-order valence-electron chi connectivity index (χ4n) is 2.69. The smallest absolute Gasteiger partial charge is 0.410 e. The lowest BCUT2D eigenvalue weighted by molar-refractivity contribution is 0.0283. The molecule has 2 saturated heterocycles. The van der Waals surface area contributed by atoms with Crippen molar-refractivity contribution >= 4 is 25.8 Å². The van der Waals surface area contributed by atoms with Gasteiger partial charge >= 0.3 is 6.09 Å². The van der Waals surface area contributed by atoms with Crippen molar-refractivity contribution in [3.63, 3.8) is 0 Å². The van der Waals surface area contributed by atoms with E-state index in [4.69, 9.17) is 15.4 Å². The first kappa shape index (κ1) is 14.9. The van der Waals surface area contributed by atoms with Crippen molar-refractivity contribution in [1.29, 1.82) is 0 Å². The maximum atomic E-state index is 12.0. The Morgan fingerprint density at radius 2 is 2.11 bits per heavy atom. The molecule has 8 heteroatoms. The Labute approximate surface area is 117 Å². The second-order valence-corrected chi connectivity index (χ2v) is 9.10. The summed E-state index contributed by atoms with van der Waals surface area (Å²) in [6, 6.07) is 0. The third-order valence-corrected chi connectivity index (χ3v) is 6.10. The fraction of sp³-hybridized carbons (Fsp3) is 0.909. The first-order valence-electron chi connectivity index (χ1n) is 6.18. The summed E-state index contributed by atoms with van der Waals surface area (Å²) in [5, 5.41) is 3.04. The number of carbonyl (C=O) groups is 1. The first-order chi connectivity index (χ1) is 8.55. The van der Waals surface area contributed by atoms with Gasteiger partial charge in [-0.25, -0.2) is 13.2 Å². The number of halogens is 1. The molecule has 2 atom stereocenters. The van der Waals surface area contributed by atoms with E-state index in [9.17, 15) is 13.2 Å². The second-order valence-electron chi connectivity index (χ2n) is 6.19. The van der Waals surface area contributed by atoms with Gasteiger partial charge in [0.15, 0.2) is 0 Å². The largest absolute Gasteiger partial charge is 0.444 e. The predicted octanol–water partition coefficient (Wildman–Crippen LogP) is 0.764. The number of hydrogen-bond acceptors (Lipinski definition) is 5. The monoisotopic (exact) mass is 310 g/mol. The molecule has 0 radical (unpaired) electrons. The second kappa shape index (κ2) is 4.49. The van der Waals surface area contributed by atoms with E-state index < -0.39 is 25.5 Å². The summed E-state index contributed by atoms with van der Waals surface area (Å²) in [7, 11) is 1.84. The van der Waals surface area contributed by atoms with Crippen LogP contribution in [0.4, 0.5) is 4.79 Å². The van der Waals surface area contributed by atoms with E-state index in [1.165, 1.54) is 4.90 Å². The molecule has 2 unspecified atom stereocenters. The molecule has 0 saturated carbocycles. The molecule has 0 aromatic rings. The number of hydrogen-bond donors (Lipinski definition) is 1. The SMILES string of the molecule is CC(C)(C)OC(=O)N1CC2CNCC2(S(=O)(=O)Cl)C1. The maximum absolute atomic E-state index is 12.0. The zero-order valence-corrected chi connectivity index (χ0v) is 12.8. The molecule has 2 aliphatic rings. The Balaban J connectivity index is 2.17. The van der Waals surface area contributed by atoms with Crippen LogP contribution in [0.3, 0.4) is 0 Å². The highest BCUT2D eigenvalue weighted by Gasteiger charge is 2.59. The summed E-state index contributed by atoms with van der Waals surface area (Å²) in [6.07, 6.45) is -0.485. The van der Waals surface area contributed by atoms with Crippen LogP contribution in [0.1, 0.15) is 20.8 Å². The van der Waals surface area contributed by atoms with Gasteiger partial charge in [0.05, 0.1) is 0 Å². The van der Waals surface area contributed by atoms with Crippen LogP contribution in [0, 0.1) is 5.92 Å². The first-order valence-corrected chi connectivity index (χ1v) is 8.49.